The van der Waals surface area contributed by atoms with Gasteiger partial charge in [-0.3, -0.25) is 4.79 Å². The first-order valence-electron chi connectivity index (χ1n) is 4.80. The third-order valence-electron chi connectivity index (χ3n) is 2.51. The molecule has 86 valence electrons. The number of nitrogens with zero attached hydrogens (tertiary/aromatic N) is 2. The lowest BCUT2D eigenvalue weighted by Gasteiger charge is -2.17. The van der Waals surface area contributed by atoms with Crippen LogP contribution in [0.1, 0.15) is 6.42 Å². The van der Waals surface area contributed by atoms with E-state index < -0.39 is 0 Å². The molecule has 3 nitrogen and oxygen atoms in total. The zero-order valence-corrected chi connectivity index (χ0v) is 12.2. The zero-order valence-electron chi connectivity index (χ0n) is 8.29. The molecule has 0 saturated carbocycles. The number of halogens is 3. The molecule has 0 N–H and O–H groups in total. The number of anilines is 1. The summed E-state index contributed by atoms with van der Waals surface area (Å²) >= 11 is 12.4. The topological polar surface area (TPSA) is 33.2 Å². The fourth-order valence-corrected chi connectivity index (χ4v) is 3.02. The molecule has 1 aromatic rings. The summed E-state index contributed by atoms with van der Waals surface area (Å²) in [5, 5.41) is 0. The summed E-state index contributed by atoms with van der Waals surface area (Å²) in [7, 11) is 0. The van der Waals surface area contributed by atoms with E-state index in [1.54, 1.807) is 4.90 Å². The molecule has 1 fully saturated rings. The first-order chi connectivity index (χ1) is 7.61. The molecule has 0 spiro atoms. The van der Waals surface area contributed by atoms with Crippen LogP contribution in [0.15, 0.2) is 21.3 Å². The molecule has 2 rings (SSSR count). The Morgan fingerprint density at radius 2 is 2.25 bits per heavy atom. The lowest BCUT2D eigenvalue weighted by atomic mass is 10.1. The van der Waals surface area contributed by atoms with Gasteiger partial charge in [0.25, 0.3) is 0 Å². The Balaban J connectivity index is 2.28. The maximum Gasteiger partial charge on any atom is 0.227 e. The second-order valence-corrected chi connectivity index (χ2v) is 5.54. The van der Waals surface area contributed by atoms with Gasteiger partial charge in [0, 0.05) is 18.8 Å². The first kappa shape index (κ1) is 12.3. The standard InChI is InChI=1S/C10H9Br2ClN2O/c11-8-2-1-7(10(12)14-8)15-5-6(4-13)3-9(15)16/h1-2,6H,3-5H2. The molecule has 1 atom stereocenters. The van der Waals surface area contributed by atoms with Crippen molar-refractivity contribution in [3.05, 3.63) is 21.3 Å². The van der Waals surface area contributed by atoms with Gasteiger partial charge in [-0.05, 0) is 49.9 Å². The quantitative estimate of drug-likeness (QED) is 0.593. The van der Waals surface area contributed by atoms with E-state index in [2.05, 4.69) is 36.8 Å². The number of pyridine rings is 1. The number of alkyl halides is 1. The summed E-state index contributed by atoms with van der Waals surface area (Å²) in [5.74, 6) is 0.865. The fourth-order valence-electron chi connectivity index (χ4n) is 1.72. The Hall–Kier alpha value is -0.130. The van der Waals surface area contributed by atoms with Crippen molar-refractivity contribution in [2.24, 2.45) is 5.92 Å². The molecule has 1 unspecified atom stereocenters. The maximum atomic E-state index is 11.8. The predicted octanol–water partition coefficient (Wildman–Crippen LogP) is 3.20. The van der Waals surface area contributed by atoms with Gasteiger partial charge in [0.15, 0.2) is 0 Å². The Morgan fingerprint density at radius 1 is 1.50 bits per heavy atom. The number of amides is 1. The van der Waals surface area contributed by atoms with Crippen molar-refractivity contribution in [2.45, 2.75) is 6.42 Å². The van der Waals surface area contributed by atoms with Gasteiger partial charge >= 0.3 is 0 Å². The minimum atomic E-state index is 0.107. The minimum Gasteiger partial charge on any atom is -0.310 e. The van der Waals surface area contributed by atoms with E-state index >= 15 is 0 Å². The lowest BCUT2D eigenvalue weighted by molar-refractivity contribution is -0.117. The Kier molecular flexibility index (Phi) is 3.87. The Labute approximate surface area is 115 Å². The van der Waals surface area contributed by atoms with Crippen LogP contribution in [0.5, 0.6) is 0 Å². The number of carbonyl (C=O) groups excluding carboxylic acids is 1. The van der Waals surface area contributed by atoms with E-state index in [9.17, 15) is 4.79 Å². The monoisotopic (exact) mass is 366 g/mol. The van der Waals surface area contributed by atoms with Crippen LogP contribution < -0.4 is 4.90 Å². The first-order valence-corrected chi connectivity index (χ1v) is 6.92. The average molecular weight is 368 g/mol. The number of hydrogen-bond donors (Lipinski definition) is 0. The minimum absolute atomic E-state index is 0.107. The molecule has 1 amide bonds. The largest absolute Gasteiger partial charge is 0.310 e. The highest BCUT2D eigenvalue weighted by molar-refractivity contribution is 9.11. The summed E-state index contributed by atoms with van der Waals surface area (Å²) < 4.78 is 1.41. The van der Waals surface area contributed by atoms with Crippen molar-refractivity contribution >= 4 is 55.1 Å². The molecule has 1 aliphatic rings. The van der Waals surface area contributed by atoms with Crippen LogP contribution in [0, 0.1) is 5.92 Å². The molecular weight excluding hydrogens is 359 g/mol. The number of aromatic nitrogens is 1. The molecule has 0 aromatic carbocycles. The van der Waals surface area contributed by atoms with Gasteiger partial charge in [0.05, 0.1) is 5.69 Å². The predicted molar refractivity (Wildman–Crippen MR) is 70.8 cm³/mol. The molecule has 16 heavy (non-hydrogen) atoms. The van der Waals surface area contributed by atoms with Crippen LogP contribution in [-0.2, 0) is 4.79 Å². The van der Waals surface area contributed by atoms with Gasteiger partial charge in [-0.25, -0.2) is 4.98 Å². The van der Waals surface area contributed by atoms with Crippen LogP contribution in [-0.4, -0.2) is 23.3 Å². The van der Waals surface area contributed by atoms with Crippen LogP contribution in [0.4, 0.5) is 5.69 Å². The van der Waals surface area contributed by atoms with Gasteiger partial charge in [-0.1, -0.05) is 0 Å². The van der Waals surface area contributed by atoms with E-state index in [4.69, 9.17) is 11.6 Å². The van der Waals surface area contributed by atoms with Gasteiger partial charge < -0.3 is 4.90 Å². The molecule has 6 heteroatoms. The smallest absolute Gasteiger partial charge is 0.227 e. The van der Waals surface area contributed by atoms with Gasteiger partial charge in [0.2, 0.25) is 5.91 Å². The molecule has 0 radical (unpaired) electrons. The van der Waals surface area contributed by atoms with Crippen molar-refractivity contribution in [3.63, 3.8) is 0 Å². The van der Waals surface area contributed by atoms with Crippen LogP contribution in [0.3, 0.4) is 0 Å². The molecule has 1 aliphatic heterocycles. The highest BCUT2D eigenvalue weighted by Gasteiger charge is 2.31. The van der Waals surface area contributed by atoms with Crippen LogP contribution in [0.25, 0.3) is 0 Å². The van der Waals surface area contributed by atoms with Gasteiger partial charge in [-0.15, -0.1) is 11.6 Å². The fraction of sp³-hybridized carbons (Fsp3) is 0.400. The van der Waals surface area contributed by atoms with E-state index in [-0.39, 0.29) is 11.8 Å². The summed E-state index contributed by atoms with van der Waals surface area (Å²) in [6, 6.07) is 3.69. The normalized spacial score (nSPS) is 20.6. The molecule has 2 heterocycles. The molecule has 0 aliphatic carbocycles. The summed E-state index contributed by atoms with van der Waals surface area (Å²) in [6.45, 7) is 0.671. The summed E-state index contributed by atoms with van der Waals surface area (Å²) in [5.41, 5.74) is 0.806. The van der Waals surface area contributed by atoms with E-state index in [1.165, 1.54) is 0 Å². The highest BCUT2D eigenvalue weighted by atomic mass is 79.9. The van der Waals surface area contributed by atoms with Crippen molar-refractivity contribution in [1.82, 2.24) is 4.98 Å². The van der Waals surface area contributed by atoms with E-state index in [0.29, 0.717) is 23.4 Å². The lowest BCUT2D eigenvalue weighted by Crippen LogP contribution is -2.25. The van der Waals surface area contributed by atoms with Crippen LogP contribution >= 0.6 is 43.5 Å². The maximum absolute atomic E-state index is 11.8. The molecule has 1 aromatic heterocycles. The van der Waals surface area contributed by atoms with E-state index in [0.717, 1.165) is 10.3 Å². The van der Waals surface area contributed by atoms with Crippen molar-refractivity contribution in [3.8, 4) is 0 Å². The summed E-state index contributed by atoms with van der Waals surface area (Å²) in [6.07, 6.45) is 0.520. The number of hydrogen-bond acceptors (Lipinski definition) is 2. The zero-order chi connectivity index (χ0) is 11.7. The Morgan fingerprint density at radius 3 is 2.81 bits per heavy atom. The van der Waals surface area contributed by atoms with Crippen LogP contribution in [0.2, 0.25) is 0 Å². The third-order valence-corrected chi connectivity index (χ3v) is 3.97. The van der Waals surface area contributed by atoms with Gasteiger partial charge in [-0.2, -0.15) is 0 Å². The molecule has 0 bridgehead atoms. The van der Waals surface area contributed by atoms with Crippen molar-refractivity contribution in [1.29, 1.82) is 0 Å². The average Bonchev–Trinajstić information content (AvgIpc) is 2.60. The second kappa shape index (κ2) is 5.02. The second-order valence-electron chi connectivity index (χ2n) is 3.67. The Bertz CT molecular complexity index is 427. The van der Waals surface area contributed by atoms with Crippen molar-refractivity contribution < 1.29 is 4.79 Å². The van der Waals surface area contributed by atoms with Gasteiger partial charge in [0.1, 0.15) is 9.21 Å². The van der Waals surface area contributed by atoms with Crippen molar-refractivity contribution in [2.75, 3.05) is 17.3 Å². The molecular formula is C10H9Br2ClN2O. The number of rotatable bonds is 2. The third kappa shape index (κ3) is 2.41. The number of carbonyl (C=O) groups is 1. The van der Waals surface area contributed by atoms with E-state index in [1.807, 2.05) is 12.1 Å². The molecule has 1 saturated heterocycles. The SMILES string of the molecule is O=C1CC(CCl)CN1c1ccc(Br)nc1Br. The summed E-state index contributed by atoms with van der Waals surface area (Å²) in [4.78, 5) is 17.7. The highest BCUT2D eigenvalue weighted by Crippen LogP contribution is 2.31.